The molecule has 2 amide bonds. The summed E-state index contributed by atoms with van der Waals surface area (Å²) in [7, 11) is 1.48. The molecule has 1 aromatic heterocycles. The van der Waals surface area contributed by atoms with E-state index in [2.05, 4.69) is 43.2 Å². The minimum atomic E-state index is -0.153. The highest BCUT2D eigenvalue weighted by Crippen LogP contribution is 2.27. The summed E-state index contributed by atoms with van der Waals surface area (Å²) in [6, 6.07) is 8.16. The van der Waals surface area contributed by atoms with Crippen LogP contribution in [0.2, 0.25) is 0 Å². The van der Waals surface area contributed by atoms with Crippen LogP contribution >= 0.6 is 0 Å². The Labute approximate surface area is 147 Å². The number of nitrogens with one attached hydrogen (secondary N) is 2. The Morgan fingerprint density at radius 2 is 2.00 bits per heavy atom. The van der Waals surface area contributed by atoms with Crippen LogP contribution < -0.4 is 5.32 Å². The van der Waals surface area contributed by atoms with Crippen LogP contribution in [-0.4, -0.2) is 54.5 Å². The van der Waals surface area contributed by atoms with E-state index in [4.69, 9.17) is 4.74 Å². The molecule has 3 rings (SSSR count). The fraction of sp³-hybridized carbons (Fsp3) is 0.474. The molecule has 6 heteroatoms. The number of H-pyrrole nitrogens is 1. The Bertz CT molecular complexity index is 798. The Kier molecular flexibility index (Phi) is 4.56. The molecule has 0 spiro atoms. The number of rotatable bonds is 4. The third-order valence-corrected chi connectivity index (χ3v) is 4.53. The lowest BCUT2D eigenvalue weighted by Gasteiger charge is -2.39. The van der Waals surface area contributed by atoms with Gasteiger partial charge in [0.15, 0.2) is 0 Å². The van der Waals surface area contributed by atoms with Gasteiger partial charge in [0.25, 0.3) is 5.91 Å². The summed E-state index contributed by atoms with van der Waals surface area (Å²) in [4.78, 5) is 29.0. The molecule has 1 aliphatic heterocycles. The van der Waals surface area contributed by atoms with Crippen molar-refractivity contribution in [1.29, 1.82) is 0 Å². The van der Waals surface area contributed by atoms with E-state index in [-0.39, 0.29) is 29.9 Å². The molecular formula is C19H25N3O3. The van der Waals surface area contributed by atoms with Gasteiger partial charge in [-0.1, -0.05) is 26.8 Å². The first kappa shape index (κ1) is 17.5. The van der Waals surface area contributed by atoms with Crippen LogP contribution in [0.3, 0.4) is 0 Å². The van der Waals surface area contributed by atoms with E-state index in [9.17, 15) is 9.59 Å². The molecule has 1 saturated heterocycles. The number of likely N-dealkylation sites (tertiary alicyclic amines) is 1. The van der Waals surface area contributed by atoms with Gasteiger partial charge < -0.3 is 19.9 Å². The van der Waals surface area contributed by atoms with Crippen LogP contribution in [0, 0.1) is 0 Å². The number of hydrogen-bond donors (Lipinski definition) is 2. The van der Waals surface area contributed by atoms with E-state index in [1.54, 1.807) is 4.90 Å². The van der Waals surface area contributed by atoms with Crippen molar-refractivity contribution in [2.45, 2.75) is 32.2 Å². The van der Waals surface area contributed by atoms with E-state index in [0.29, 0.717) is 18.8 Å². The molecule has 6 nitrogen and oxygen atoms in total. The maximum atomic E-state index is 12.6. The van der Waals surface area contributed by atoms with Crippen molar-refractivity contribution < 1.29 is 14.3 Å². The largest absolute Gasteiger partial charge is 0.375 e. The maximum absolute atomic E-state index is 12.6. The van der Waals surface area contributed by atoms with Gasteiger partial charge in [0.05, 0.1) is 6.04 Å². The third kappa shape index (κ3) is 3.69. The molecule has 1 fully saturated rings. The summed E-state index contributed by atoms with van der Waals surface area (Å²) in [5, 5.41) is 3.88. The van der Waals surface area contributed by atoms with Crippen molar-refractivity contribution in [3.8, 4) is 0 Å². The van der Waals surface area contributed by atoms with Gasteiger partial charge in [0.2, 0.25) is 5.91 Å². The summed E-state index contributed by atoms with van der Waals surface area (Å²) >= 11 is 0. The number of hydrogen-bond acceptors (Lipinski definition) is 3. The van der Waals surface area contributed by atoms with Gasteiger partial charge in [0.1, 0.15) is 12.3 Å². The molecule has 2 heterocycles. The topological polar surface area (TPSA) is 74.4 Å². The van der Waals surface area contributed by atoms with Crippen molar-refractivity contribution in [2.24, 2.45) is 0 Å². The number of benzene rings is 1. The monoisotopic (exact) mass is 343 g/mol. The van der Waals surface area contributed by atoms with Crippen molar-refractivity contribution in [3.05, 3.63) is 35.5 Å². The van der Waals surface area contributed by atoms with Gasteiger partial charge in [-0.25, -0.2) is 0 Å². The van der Waals surface area contributed by atoms with E-state index < -0.39 is 0 Å². The highest BCUT2D eigenvalue weighted by molar-refractivity contribution is 5.98. The summed E-state index contributed by atoms with van der Waals surface area (Å²) < 4.78 is 4.79. The number of carbonyl (C=O) groups is 2. The molecule has 0 saturated carbocycles. The van der Waals surface area contributed by atoms with Crippen molar-refractivity contribution >= 4 is 22.7 Å². The van der Waals surface area contributed by atoms with Crippen LogP contribution in [-0.2, 0) is 14.9 Å². The Balaban J connectivity index is 1.66. The van der Waals surface area contributed by atoms with Gasteiger partial charge in [-0.05, 0) is 29.2 Å². The molecule has 25 heavy (non-hydrogen) atoms. The second kappa shape index (κ2) is 6.52. The number of amides is 2. The van der Waals surface area contributed by atoms with Crippen LogP contribution in [0.25, 0.3) is 10.9 Å². The van der Waals surface area contributed by atoms with Gasteiger partial charge in [-0.15, -0.1) is 0 Å². The zero-order valence-corrected chi connectivity index (χ0v) is 15.2. The molecular weight excluding hydrogens is 318 g/mol. The number of methoxy groups -OCH3 is 1. The average Bonchev–Trinajstić information content (AvgIpc) is 2.92. The summed E-state index contributed by atoms with van der Waals surface area (Å²) in [5.74, 6) is -0.189. The Morgan fingerprint density at radius 3 is 2.64 bits per heavy atom. The predicted octanol–water partition coefficient (Wildman–Crippen LogP) is 2.05. The van der Waals surface area contributed by atoms with Gasteiger partial charge in [0, 0.05) is 31.1 Å². The lowest BCUT2D eigenvalue weighted by molar-refractivity contribution is -0.126. The summed E-state index contributed by atoms with van der Waals surface area (Å²) in [6.45, 7) is 7.61. The van der Waals surface area contributed by atoms with E-state index in [0.717, 1.165) is 10.9 Å². The highest BCUT2D eigenvalue weighted by Gasteiger charge is 2.32. The number of nitrogens with zero attached hydrogens (tertiary/aromatic N) is 1. The molecule has 134 valence electrons. The first-order chi connectivity index (χ1) is 11.8. The smallest absolute Gasteiger partial charge is 0.270 e. The minimum absolute atomic E-state index is 0.00321. The molecule has 1 aliphatic rings. The van der Waals surface area contributed by atoms with Crippen molar-refractivity contribution in [3.63, 3.8) is 0 Å². The van der Waals surface area contributed by atoms with E-state index >= 15 is 0 Å². The van der Waals surface area contributed by atoms with Crippen LogP contribution in [0.1, 0.15) is 36.8 Å². The second-order valence-electron chi connectivity index (χ2n) is 7.64. The number of aromatic amines is 1. The summed E-state index contributed by atoms with van der Waals surface area (Å²) in [5.41, 5.74) is 2.85. The van der Waals surface area contributed by atoms with Crippen LogP contribution in [0.4, 0.5) is 0 Å². The van der Waals surface area contributed by atoms with Crippen molar-refractivity contribution in [1.82, 2.24) is 15.2 Å². The maximum Gasteiger partial charge on any atom is 0.270 e. The average molecular weight is 343 g/mol. The molecule has 0 unspecified atom stereocenters. The standard InChI is InChI=1S/C19H25N3O3/c1-19(2,3)13-5-6-15-12(7-13)8-16(21-15)18(24)22-9-14(10-22)20-17(23)11-25-4/h5-8,14,21H,9-11H2,1-4H3,(H,20,23). The molecule has 0 aliphatic carbocycles. The zero-order chi connectivity index (χ0) is 18.2. The number of fused-ring (bicyclic) bond motifs is 1. The number of ether oxygens (including phenoxy) is 1. The quantitative estimate of drug-likeness (QED) is 0.892. The lowest BCUT2D eigenvalue weighted by atomic mass is 9.86. The Hall–Kier alpha value is -2.34. The lowest BCUT2D eigenvalue weighted by Crippen LogP contribution is -2.61. The van der Waals surface area contributed by atoms with E-state index in [1.807, 2.05) is 12.1 Å². The molecule has 2 aromatic rings. The van der Waals surface area contributed by atoms with Gasteiger partial charge in [-0.3, -0.25) is 9.59 Å². The van der Waals surface area contributed by atoms with E-state index in [1.165, 1.54) is 12.7 Å². The van der Waals surface area contributed by atoms with Gasteiger partial charge >= 0.3 is 0 Å². The predicted molar refractivity (Wildman–Crippen MR) is 96.7 cm³/mol. The molecule has 2 N–H and O–H groups in total. The fourth-order valence-corrected chi connectivity index (χ4v) is 3.02. The first-order valence-corrected chi connectivity index (χ1v) is 8.49. The van der Waals surface area contributed by atoms with Gasteiger partial charge in [-0.2, -0.15) is 0 Å². The minimum Gasteiger partial charge on any atom is -0.375 e. The third-order valence-electron chi connectivity index (χ3n) is 4.53. The Morgan fingerprint density at radius 1 is 1.28 bits per heavy atom. The highest BCUT2D eigenvalue weighted by atomic mass is 16.5. The second-order valence-corrected chi connectivity index (χ2v) is 7.64. The van der Waals surface area contributed by atoms with Crippen LogP contribution in [0.15, 0.2) is 24.3 Å². The first-order valence-electron chi connectivity index (χ1n) is 8.49. The molecule has 0 radical (unpaired) electrons. The normalized spacial score (nSPS) is 15.3. The molecule has 0 bridgehead atoms. The number of aromatic nitrogens is 1. The summed E-state index contributed by atoms with van der Waals surface area (Å²) in [6.07, 6.45) is 0. The number of carbonyl (C=O) groups excluding carboxylic acids is 2. The van der Waals surface area contributed by atoms with Crippen molar-refractivity contribution in [2.75, 3.05) is 26.8 Å². The molecule has 1 aromatic carbocycles. The fourth-order valence-electron chi connectivity index (χ4n) is 3.02. The molecule has 0 atom stereocenters. The SMILES string of the molecule is COCC(=O)NC1CN(C(=O)c2cc3cc(C(C)(C)C)ccc3[nH]2)C1. The van der Waals surface area contributed by atoms with Crippen LogP contribution in [0.5, 0.6) is 0 Å². The zero-order valence-electron chi connectivity index (χ0n) is 15.2.